The first-order chi connectivity index (χ1) is 17.5. The number of ether oxygens (including phenoxy) is 4. The summed E-state index contributed by atoms with van der Waals surface area (Å²) in [6, 6.07) is 29.6. The molecule has 36 heavy (non-hydrogen) atoms. The molecule has 0 unspecified atom stereocenters. The molecule has 0 aliphatic carbocycles. The van der Waals surface area contributed by atoms with Crippen LogP contribution in [0, 0.1) is 0 Å². The monoisotopic (exact) mass is 486 g/mol. The van der Waals surface area contributed by atoms with Crippen LogP contribution >= 0.6 is 0 Å². The second-order valence-electron chi connectivity index (χ2n) is 8.38. The molecule has 0 aliphatic rings. The Kier molecular flexibility index (Phi) is 8.10. The van der Waals surface area contributed by atoms with Crippen molar-refractivity contribution in [2.45, 2.75) is 25.4 Å². The SMILES string of the molecule is COc1ccc(CC(O)(O)c2ccc(OC)cc2OCc2ccccc2)c(OCc2ccccc2)c1. The standard InChI is InChI=1S/C30H30O6/c1-33-25-14-13-24(28(17-25)35-20-22-9-5-3-6-10-22)19-30(31,32)27-16-15-26(34-2)18-29(27)36-21-23-11-7-4-8-12-23/h3-18,31-32H,19-21H2,1-2H3. The van der Waals surface area contributed by atoms with E-state index in [2.05, 4.69) is 0 Å². The Bertz CT molecular complexity index is 1260. The number of hydrogen-bond acceptors (Lipinski definition) is 6. The number of rotatable bonds is 11. The molecule has 0 bridgehead atoms. The molecular weight excluding hydrogens is 456 g/mol. The van der Waals surface area contributed by atoms with Gasteiger partial charge in [0.15, 0.2) is 5.79 Å². The highest BCUT2D eigenvalue weighted by Crippen LogP contribution is 2.37. The summed E-state index contributed by atoms with van der Waals surface area (Å²) in [6.45, 7) is 0.601. The molecule has 6 nitrogen and oxygen atoms in total. The van der Waals surface area contributed by atoms with Crippen molar-refractivity contribution in [1.29, 1.82) is 0 Å². The predicted octanol–water partition coefficient (Wildman–Crippen LogP) is 5.24. The van der Waals surface area contributed by atoms with E-state index < -0.39 is 5.79 Å². The first-order valence-corrected chi connectivity index (χ1v) is 11.6. The lowest BCUT2D eigenvalue weighted by atomic mass is 9.96. The molecule has 0 heterocycles. The fourth-order valence-corrected chi connectivity index (χ4v) is 3.85. The van der Waals surface area contributed by atoms with E-state index in [1.165, 1.54) is 0 Å². The molecule has 0 radical (unpaired) electrons. The van der Waals surface area contributed by atoms with Crippen molar-refractivity contribution in [2.75, 3.05) is 14.2 Å². The second kappa shape index (κ2) is 11.6. The zero-order valence-corrected chi connectivity index (χ0v) is 20.4. The van der Waals surface area contributed by atoms with Gasteiger partial charge in [-0.15, -0.1) is 0 Å². The predicted molar refractivity (Wildman–Crippen MR) is 137 cm³/mol. The topological polar surface area (TPSA) is 77.4 Å². The average molecular weight is 487 g/mol. The zero-order valence-electron chi connectivity index (χ0n) is 20.4. The molecule has 4 rings (SSSR count). The maximum Gasteiger partial charge on any atom is 0.197 e. The normalized spacial score (nSPS) is 11.1. The molecule has 0 atom stereocenters. The van der Waals surface area contributed by atoms with Crippen LogP contribution in [0.3, 0.4) is 0 Å². The summed E-state index contributed by atoms with van der Waals surface area (Å²) in [5, 5.41) is 22.5. The molecule has 4 aromatic carbocycles. The minimum atomic E-state index is -2.24. The van der Waals surface area contributed by atoms with Gasteiger partial charge in [0.25, 0.3) is 0 Å². The van der Waals surface area contributed by atoms with Gasteiger partial charge in [-0.3, -0.25) is 0 Å². The van der Waals surface area contributed by atoms with Gasteiger partial charge in [0.05, 0.1) is 19.8 Å². The van der Waals surface area contributed by atoms with Gasteiger partial charge in [-0.2, -0.15) is 0 Å². The average Bonchev–Trinajstić information content (AvgIpc) is 2.92. The van der Waals surface area contributed by atoms with E-state index in [1.54, 1.807) is 50.6 Å². The maximum absolute atomic E-state index is 11.3. The third-order valence-corrected chi connectivity index (χ3v) is 5.81. The fourth-order valence-electron chi connectivity index (χ4n) is 3.85. The lowest BCUT2D eigenvalue weighted by molar-refractivity contribution is -0.169. The van der Waals surface area contributed by atoms with Gasteiger partial charge in [-0.05, 0) is 29.3 Å². The van der Waals surface area contributed by atoms with E-state index in [0.717, 1.165) is 11.1 Å². The Morgan fingerprint density at radius 2 is 1.11 bits per heavy atom. The Hall–Kier alpha value is -4.00. The summed E-state index contributed by atoms with van der Waals surface area (Å²) in [6.07, 6.45) is -0.130. The summed E-state index contributed by atoms with van der Waals surface area (Å²) < 4.78 is 22.8. The van der Waals surface area contributed by atoms with E-state index in [9.17, 15) is 10.2 Å². The van der Waals surface area contributed by atoms with Crippen LogP contribution in [0.25, 0.3) is 0 Å². The molecule has 0 saturated carbocycles. The molecular formula is C30H30O6. The zero-order chi connectivity index (χ0) is 25.4. The van der Waals surface area contributed by atoms with Crippen LogP contribution in [0.5, 0.6) is 23.0 Å². The van der Waals surface area contributed by atoms with Crippen molar-refractivity contribution in [1.82, 2.24) is 0 Å². The van der Waals surface area contributed by atoms with Gasteiger partial charge in [0, 0.05) is 24.1 Å². The van der Waals surface area contributed by atoms with Crippen molar-refractivity contribution < 1.29 is 29.2 Å². The smallest absolute Gasteiger partial charge is 0.197 e. The highest BCUT2D eigenvalue weighted by atomic mass is 16.5. The van der Waals surface area contributed by atoms with Gasteiger partial charge in [-0.1, -0.05) is 66.7 Å². The number of aliphatic hydroxyl groups is 2. The van der Waals surface area contributed by atoms with Gasteiger partial charge in [-0.25, -0.2) is 0 Å². The van der Waals surface area contributed by atoms with Gasteiger partial charge in [0.2, 0.25) is 0 Å². The number of methoxy groups -OCH3 is 2. The summed E-state index contributed by atoms with van der Waals surface area (Å²) in [7, 11) is 3.13. The van der Waals surface area contributed by atoms with E-state index in [-0.39, 0.29) is 18.6 Å². The molecule has 186 valence electrons. The fraction of sp³-hybridized carbons (Fsp3) is 0.200. The molecule has 6 heteroatoms. The van der Waals surface area contributed by atoms with Gasteiger partial charge in [0.1, 0.15) is 36.2 Å². The summed E-state index contributed by atoms with van der Waals surface area (Å²) >= 11 is 0. The minimum Gasteiger partial charge on any atom is -0.497 e. The first-order valence-electron chi connectivity index (χ1n) is 11.6. The largest absolute Gasteiger partial charge is 0.497 e. The summed E-state index contributed by atoms with van der Waals surface area (Å²) in [5.74, 6) is -0.249. The van der Waals surface area contributed by atoms with Gasteiger partial charge >= 0.3 is 0 Å². The molecule has 2 N–H and O–H groups in total. The van der Waals surface area contributed by atoms with Crippen LogP contribution in [0.2, 0.25) is 0 Å². The van der Waals surface area contributed by atoms with E-state index in [4.69, 9.17) is 18.9 Å². The van der Waals surface area contributed by atoms with E-state index >= 15 is 0 Å². The van der Waals surface area contributed by atoms with E-state index in [1.807, 2.05) is 60.7 Å². The first kappa shape index (κ1) is 25.1. The second-order valence-corrected chi connectivity index (χ2v) is 8.38. The summed E-state index contributed by atoms with van der Waals surface area (Å²) in [5.41, 5.74) is 2.79. The molecule has 0 fully saturated rings. The number of benzene rings is 4. The van der Waals surface area contributed by atoms with Crippen molar-refractivity contribution in [3.8, 4) is 23.0 Å². The van der Waals surface area contributed by atoms with Crippen molar-refractivity contribution in [3.05, 3.63) is 119 Å². The molecule has 4 aromatic rings. The van der Waals surface area contributed by atoms with Crippen LogP contribution in [-0.2, 0) is 25.4 Å². The molecule has 0 amide bonds. The molecule has 0 aromatic heterocycles. The number of hydrogen-bond donors (Lipinski definition) is 2. The molecule has 0 aliphatic heterocycles. The maximum atomic E-state index is 11.3. The van der Waals surface area contributed by atoms with Crippen LogP contribution in [-0.4, -0.2) is 24.4 Å². The van der Waals surface area contributed by atoms with Gasteiger partial charge < -0.3 is 29.2 Å². The molecule has 0 spiro atoms. The highest BCUT2D eigenvalue weighted by Gasteiger charge is 2.32. The Morgan fingerprint density at radius 1 is 0.611 bits per heavy atom. The third kappa shape index (κ3) is 6.36. The van der Waals surface area contributed by atoms with Crippen LogP contribution in [0.15, 0.2) is 97.1 Å². The molecule has 0 saturated heterocycles. The Balaban J connectivity index is 1.60. The van der Waals surface area contributed by atoms with E-state index in [0.29, 0.717) is 35.2 Å². The Morgan fingerprint density at radius 3 is 1.67 bits per heavy atom. The Labute approximate surface area is 211 Å². The van der Waals surface area contributed by atoms with Crippen LogP contribution in [0.1, 0.15) is 22.3 Å². The summed E-state index contributed by atoms with van der Waals surface area (Å²) in [4.78, 5) is 0. The highest BCUT2D eigenvalue weighted by molar-refractivity contribution is 5.46. The quantitative estimate of drug-likeness (QED) is 0.282. The lowest BCUT2D eigenvalue weighted by Crippen LogP contribution is -2.29. The van der Waals surface area contributed by atoms with Crippen LogP contribution < -0.4 is 18.9 Å². The van der Waals surface area contributed by atoms with Crippen molar-refractivity contribution in [2.24, 2.45) is 0 Å². The van der Waals surface area contributed by atoms with Crippen molar-refractivity contribution in [3.63, 3.8) is 0 Å². The minimum absolute atomic E-state index is 0.130. The third-order valence-electron chi connectivity index (χ3n) is 5.81. The van der Waals surface area contributed by atoms with Crippen LogP contribution in [0.4, 0.5) is 0 Å². The van der Waals surface area contributed by atoms with Crippen molar-refractivity contribution >= 4 is 0 Å². The lowest BCUT2D eigenvalue weighted by Gasteiger charge is -2.26.